The second kappa shape index (κ2) is 11.7. The van der Waals surface area contributed by atoms with Gasteiger partial charge in [0.05, 0.1) is 0 Å². The van der Waals surface area contributed by atoms with Crippen LogP contribution in [0.4, 0.5) is 32.0 Å². The Balaban J connectivity index is 1.61. The number of carbonyl (C=O) groups excluding carboxylic acids is 2. The van der Waals surface area contributed by atoms with Crippen molar-refractivity contribution in [2.75, 3.05) is 10.2 Å². The van der Waals surface area contributed by atoms with E-state index >= 15 is 0 Å². The fourth-order valence-electron chi connectivity index (χ4n) is 4.03. The van der Waals surface area contributed by atoms with Crippen LogP contribution in [-0.4, -0.2) is 30.2 Å². The summed E-state index contributed by atoms with van der Waals surface area (Å²) in [6.07, 6.45) is -6.43. The van der Waals surface area contributed by atoms with Crippen LogP contribution in [0.15, 0.2) is 60.8 Å². The van der Waals surface area contributed by atoms with Crippen LogP contribution in [0.3, 0.4) is 0 Å². The Kier molecular flexibility index (Phi) is 8.66. The predicted molar refractivity (Wildman–Crippen MR) is 138 cm³/mol. The number of hydrogen-bond acceptors (Lipinski definition) is 3. The van der Waals surface area contributed by atoms with Crippen molar-refractivity contribution < 1.29 is 57.4 Å². The summed E-state index contributed by atoms with van der Waals surface area (Å²) in [4.78, 5) is 30.6. The topological polar surface area (TPSA) is 76.0 Å². The van der Waals surface area contributed by atoms with Gasteiger partial charge in [-0.25, -0.2) is 4.39 Å². The number of pyridine rings is 1. The molecule has 0 fully saturated rings. The van der Waals surface area contributed by atoms with Gasteiger partial charge in [-0.1, -0.05) is 0 Å². The number of alkyl halides is 7. The average molecular weight is 689 g/mol. The molecule has 2 amide bonds. The van der Waals surface area contributed by atoms with Gasteiger partial charge in [0.25, 0.3) is 5.91 Å². The summed E-state index contributed by atoms with van der Waals surface area (Å²) in [7, 11) is 0. The van der Waals surface area contributed by atoms with E-state index in [1.54, 1.807) is 24.3 Å². The third kappa shape index (κ3) is 6.82. The molecule has 0 aliphatic heterocycles. The minimum absolute atomic E-state index is 0.220. The molecule has 0 atom stereocenters. The molecule has 0 bridgehead atoms. The summed E-state index contributed by atoms with van der Waals surface area (Å²) >= 11 is -0.568. The van der Waals surface area contributed by atoms with Gasteiger partial charge in [0.1, 0.15) is 0 Å². The molecule has 0 aliphatic rings. The summed E-state index contributed by atoms with van der Waals surface area (Å²) in [6.45, 7) is 1.91. The third-order valence-electron chi connectivity index (χ3n) is 6.10. The van der Waals surface area contributed by atoms with Gasteiger partial charge in [0.15, 0.2) is 5.67 Å². The normalized spacial score (nSPS) is 12.2. The number of amides is 2. The zero-order valence-corrected chi connectivity index (χ0v) is 24.1. The van der Waals surface area contributed by atoms with E-state index in [2.05, 4.69) is 15.6 Å². The Bertz CT molecular complexity index is 1590. The summed E-state index contributed by atoms with van der Waals surface area (Å²) in [6, 6.07) is 12.8. The van der Waals surface area contributed by atoms with E-state index in [0.29, 0.717) is 22.3 Å². The van der Waals surface area contributed by atoms with Gasteiger partial charge in [0, 0.05) is 0 Å². The van der Waals surface area contributed by atoms with Crippen LogP contribution in [0.2, 0.25) is 0 Å². The Labute approximate surface area is 241 Å². The van der Waals surface area contributed by atoms with Gasteiger partial charge in [-0.15, -0.1) is 0 Å². The molecule has 2 aromatic heterocycles. The van der Waals surface area contributed by atoms with Crippen LogP contribution >= 0.6 is 0 Å². The Morgan fingerprint density at radius 1 is 1.00 bits per heavy atom. The molecule has 6 nitrogen and oxygen atoms in total. The minimum atomic E-state index is -4.45. The molecule has 4 rings (SSSR count). The SMILES string of the molecule is C[I-]n1c(-c2ccc(C(F)(F)F)cc2)cc2cc(NC(=O)c3cc(CNC(=O)C(C)(C)F)cnc3C(F)F)ccc21. The number of carbonyl (C=O) groups is 2. The molecular weight excluding hydrogens is 665 g/mol. The maximum atomic E-state index is 13.8. The Hall–Kier alpha value is -3.62. The van der Waals surface area contributed by atoms with Crippen molar-refractivity contribution >= 4 is 28.4 Å². The molecule has 2 aromatic carbocycles. The molecule has 0 saturated heterocycles. The van der Waals surface area contributed by atoms with Crippen LogP contribution < -0.4 is 32.1 Å². The van der Waals surface area contributed by atoms with Gasteiger partial charge in [-0.05, 0) is 13.8 Å². The van der Waals surface area contributed by atoms with Crippen molar-refractivity contribution in [2.45, 2.75) is 38.7 Å². The zero-order chi connectivity index (χ0) is 30.1. The first-order chi connectivity index (χ1) is 19.2. The van der Waals surface area contributed by atoms with E-state index in [9.17, 15) is 35.9 Å². The van der Waals surface area contributed by atoms with Crippen molar-refractivity contribution in [2.24, 2.45) is 0 Å². The summed E-state index contributed by atoms with van der Waals surface area (Å²) < 4.78 is 82.1. The van der Waals surface area contributed by atoms with Gasteiger partial charge in [0.2, 0.25) is 0 Å². The van der Waals surface area contributed by atoms with Crippen LogP contribution in [0, 0.1) is 0 Å². The van der Waals surface area contributed by atoms with Crippen LogP contribution in [0.25, 0.3) is 22.2 Å². The van der Waals surface area contributed by atoms with Gasteiger partial charge < -0.3 is 0 Å². The van der Waals surface area contributed by atoms with E-state index in [1.165, 1.54) is 12.1 Å². The first kappa shape index (κ1) is 30.3. The van der Waals surface area contributed by atoms with E-state index < -0.39 is 68.4 Å². The number of hydrogen-bond donors (Lipinski definition) is 2. The number of rotatable bonds is 8. The molecule has 0 saturated carbocycles. The quantitative estimate of drug-likeness (QED) is 0.168. The Morgan fingerprint density at radius 2 is 1.68 bits per heavy atom. The van der Waals surface area contributed by atoms with Crippen LogP contribution in [0.5, 0.6) is 0 Å². The van der Waals surface area contributed by atoms with E-state index in [0.717, 1.165) is 43.8 Å². The molecule has 0 spiro atoms. The van der Waals surface area contributed by atoms with Gasteiger partial charge in [-0.2, -0.15) is 0 Å². The average Bonchev–Trinajstić information content (AvgIpc) is 3.28. The number of halogens is 7. The fraction of sp³-hybridized carbons (Fsp3) is 0.250. The standard InChI is InChI=1S/C28H24F6IN4O2/c1-27(2,31)26(41)37-14-15-10-20(23(24(29)30)36-13-15)25(40)38-19-8-9-21-17(11-19)12-22(39(21)35-3)16-4-6-18(7-5-16)28(32,33)34/h4-13,24H,14H2,1-3H3,(H,37,41)(H,38,40)/q-1. The molecule has 2 heterocycles. The number of nitrogens with one attached hydrogen (secondary N) is 2. The Morgan fingerprint density at radius 3 is 2.27 bits per heavy atom. The first-order valence-corrected chi connectivity index (χ1v) is 15.2. The van der Waals surface area contributed by atoms with E-state index in [1.807, 2.05) is 7.71 Å². The fourth-order valence-corrected chi connectivity index (χ4v) is 5.93. The van der Waals surface area contributed by atoms with Gasteiger partial charge >= 0.3 is 208 Å². The third-order valence-corrected chi connectivity index (χ3v) is 8.10. The van der Waals surface area contributed by atoms with Crippen LogP contribution in [-0.2, 0) is 17.5 Å². The molecule has 13 heteroatoms. The van der Waals surface area contributed by atoms with Crippen molar-refractivity contribution in [3.05, 3.63) is 83.2 Å². The second-order valence-corrected chi connectivity index (χ2v) is 11.4. The summed E-state index contributed by atoms with van der Waals surface area (Å²) in [5, 5.41) is 5.61. The maximum absolute atomic E-state index is 13.8. The van der Waals surface area contributed by atoms with Crippen molar-refractivity contribution in [1.29, 1.82) is 0 Å². The summed E-state index contributed by atoms with van der Waals surface area (Å²) in [5.41, 5.74) is -1.45. The van der Waals surface area contributed by atoms with Crippen molar-refractivity contribution in [3.8, 4) is 11.3 Å². The molecule has 4 aromatic rings. The van der Waals surface area contributed by atoms with E-state index in [-0.39, 0.29) is 12.1 Å². The zero-order valence-electron chi connectivity index (χ0n) is 21.9. The second-order valence-electron chi connectivity index (χ2n) is 9.51. The van der Waals surface area contributed by atoms with Crippen molar-refractivity contribution in [3.63, 3.8) is 0 Å². The van der Waals surface area contributed by atoms with Crippen molar-refractivity contribution in [1.82, 2.24) is 13.1 Å². The first-order valence-electron chi connectivity index (χ1n) is 12.1. The molecule has 0 radical (unpaired) electrons. The summed E-state index contributed by atoms with van der Waals surface area (Å²) in [5.74, 6) is -1.77. The molecule has 218 valence electrons. The number of benzene rings is 2. The predicted octanol–water partition coefficient (Wildman–Crippen LogP) is 3.76. The van der Waals surface area contributed by atoms with Crippen LogP contribution in [0.1, 0.15) is 47.5 Å². The number of fused-ring (bicyclic) bond motifs is 1. The number of aromatic nitrogens is 2. The van der Waals surface area contributed by atoms with E-state index in [4.69, 9.17) is 0 Å². The molecule has 41 heavy (non-hydrogen) atoms. The van der Waals surface area contributed by atoms with Gasteiger partial charge in [-0.3, -0.25) is 4.79 Å². The number of nitrogens with zero attached hydrogens (tertiary/aromatic N) is 2. The number of anilines is 1. The molecule has 2 N–H and O–H groups in total. The molecular formula is C28H24F6IN4O2-. The molecule has 0 unspecified atom stereocenters. The molecule has 0 aliphatic carbocycles. The monoisotopic (exact) mass is 689 g/mol.